The number of nitrogens with two attached hydrogens (primary N) is 1. The molecule has 1 saturated carbocycles. The van der Waals surface area contributed by atoms with Crippen molar-refractivity contribution in [1.29, 1.82) is 0 Å². The summed E-state index contributed by atoms with van der Waals surface area (Å²) in [6.07, 6.45) is 2.60. The Labute approximate surface area is 72.4 Å². The Morgan fingerprint density at radius 2 is 2.18 bits per heavy atom. The largest absolute Gasteiger partial charge is 0.481 e. The maximum Gasteiger partial charge on any atom is 0.303 e. The second-order valence-electron chi connectivity index (χ2n) is 2.93. The lowest BCUT2D eigenvalue weighted by molar-refractivity contribution is -0.138. The molecule has 0 bridgehead atoms. The van der Waals surface area contributed by atoms with Gasteiger partial charge in [0.05, 0.1) is 0 Å². The van der Waals surface area contributed by atoms with E-state index in [-0.39, 0.29) is 24.7 Å². The van der Waals surface area contributed by atoms with Gasteiger partial charge >= 0.3 is 5.97 Å². The molecule has 1 unspecified atom stereocenters. The van der Waals surface area contributed by atoms with Crippen molar-refractivity contribution in [2.75, 3.05) is 6.54 Å². The van der Waals surface area contributed by atoms with Crippen molar-refractivity contribution in [3.05, 3.63) is 0 Å². The molecule has 0 heterocycles. The second kappa shape index (κ2) is 4.57. The number of rotatable bonds is 4. The summed E-state index contributed by atoms with van der Waals surface area (Å²) in [6.45, 7) is 0.525. The molecule has 1 aliphatic carbocycles. The molecule has 1 fully saturated rings. The van der Waals surface area contributed by atoms with E-state index in [1.807, 2.05) is 0 Å². The molecule has 4 heteroatoms. The summed E-state index contributed by atoms with van der Waals surface area (Å²) in [5.74, 6) is 0.126. The molecule has 0 amide bonds. The molecule has 3 nitrogen and oxygen atoms in total. The molecular weight excluding hydrogens is 166 g/mol. The van der Waals surface area contributed by atoms with Crippen LogP contribution in [0.25, 0.3) is 0 Å². The van der Waals surface area contributed by atoms with Gasteiger partial charge in [0.25, 0.3) is 0 Å². The average Bonchev–Trinajstić information content (AvgIpc) is 2.63. The molecule has 1 rings (SSSR count). The predicted octanol–water partition coefficient (Wildman–Crippen LogP) is 0.868. The average molecular weight is 180 g/mol. The van der Waals surface area contributed by atoms with Gasteiger partial charge in [0, 0.05) is 6.42 Å². The number of aliphatic carboxylic acids is 1. The van der Waals surface area contributed by atoms with Crippen molar-refractivity contribution in [3.63, 3.8) is 0 Å². The lowest BCUT2D eigenvalue weighted by atomic mass is 10.0. The van der Waals surface area contributed by atoms with Crippen molar-refractivity contribution in [1.82, 2.24) is 0 Å². The first kappa shape index (κ1) is 10.7. The van der Waals surface area contributed by atoms with Gasteiger partial charge in [-0.05, 0) is 31.2 Å². The normalized spacial score (nSPS) is 18.6. The van der Waals surface area contributed by atoms with Gasteiger partial charge < -0.3 is 10.8 Å². The van der Waals surface area contributed by atoms with Crippen LogP contribution in [0, 0.1) is 11.8 Å². The lowest BCUT2D eigenvalue weighted by Gasteiger charge is -2.08. The smallest absolute Gasteiger partial charge is 0.303 e. The maximum atomic E-state index is 10.2. The quantitative estimate of drug-likeness (QED) is 0.673. The van der Waals surface area contributed by atoms with Crippen LogP contribution in [-0.4, -0.2) is 17.6 Å². The highest BCUT2D eigenvalue weighted by atomic mass is 35.5. The zero-order chi connectivity index (χ0) is 7.56. The van der Waals surface area contributed by atoms with Gasteiger partial charge in [-0.1, -0.05) is 0 Å². The Balaban J connectivity index is 0.000001000. The topological polar surface area (TPSA) is 63.3 Å². The van der Waals surface area contributed by atoms with Crippen LogP contribution in [0.2, 0.25) is 0 Å². The fourth-order valence-electron chi connectivity index (χ4n) is 1.23. The summed E-state index contributed by atoms with van der Waals surface area (Å²) in [6, 6.07) is 0. The molecule has 11 heavy (non-hydrogen) atoms. The molecule has 0 spiro atoms. The number of carbonyl (C=O) groups is 1. The number of carboxylic acids is 1. The van der Waals surface area contributed by atoms with E-state index in [0.29, 0.717) is 12.5 Å². The van der Waals surface area contributed by atoms with Crippen LogP contribution in [0.4, 0.5) is 0 Å². The highest BCUT2D eigenvalue weighted by Gasteiger charge is 2.31. The third kappa shape index (κ3) is 3.58. The minimum Gasteiger partial charge on any atom is -0.481 e. The van der Waals surface area contributed by atoms with Gasteiger partial charge in [-0.2, -0.15) is 0 Å². The monoisotopic (exact) mass is 179 g/mol. The standard InChI is InChI=1S/C7H13NO2.ClH/c8-4-6(3-7(9)10)5-1-2-5;/h5-6H,1-4,8H2,(H,9,10);1H. The first-order valence-corrected chi connectivity index (χ1v) is 3.66. The molecule has 1 atom stereocenters. The molecule has 0 aromatic rings. The van der Waals surface area contributed by atoms with E-state index in [9.17, 15) is 4.79 Å². The Bertz CT molecular complexity index is 136. The Kier molecular flexibility index (Phi) is 4.45. The first-order chi connectivity index (χ1) is 4.74. The molecule has 0 aromatic carbocycles. The Morgan fingerprint density at radius 1 is 1.64 bits per heavy atom. The maximum absolute atomic E-state index is 10.2. The van der Waals surface area contributed by atoms with Crippen LogP contribution in [0.1, 0.15) is 19.3 Å². The summed E-state index contributed by atoms with van der Waals surface area (Å²) in [5.41, 5.74) is 5.40. The Morgan fingerprint density at radius 3 is 2.45 bits per heavy atom. The number of hydrogen-bond acceptors (Lipinski definition) is 2. The van der Waals surface area contributed by atoms with E-state index < -0.39 is 5.97 Å². The first-order valence-electron chi connectivity index (χ1n) is 3.66. The van der Waals surface area contributed by atoms with Crippen molar-refractivity contribution in [3.8, 4) is 0 Å². The number of hydrogen-bond donors (Lipinski definition) is 2. The van der Waals surface area contributed by atoms with E-state index >= 15 is 0 Å². The van der Waals surface area contributed by atoms with Gasteiger partial charge in [0.2, 0.25) is 0 Å². The summed E-state index contributed by atoms with van der Waals surface area (Å²) in [4.78, 5) is 10.2. The van der Waals surface area contributed by atoms with Crippen LogP contribution >= 0.6 is 12.4 Å². The fraction of sp³-hybridized carbons (Fsp3) is 0.857. The van der Waals surface area contributed by atoms with Gasteiger partial charge in [0.15, 0.2) is 0 Å². The summed E-state index contributed by atoms with van der Waals surface area (Å²) in [7, 11) is 0. The minimum atomic E-state index is -0.720. The zero-order valence-corrected chi connectivity index (χ0v) is 7.14. The molecular formula is C7H14ClNO2. The van der Waals surface area contributed by atoms with E-state index in [1.54, 1.807) is 0 Å². The molecule has 0 aromatic heterocycles. The van der Waals surface area contributed by atoms with Crippen LogP contribution in [-0.2, 0) is 4.79 Å². The molecule has 66 valence electrons. The summed E-state index contributed by atoms with van der Waals surface area (Å²) in [5, 5.41) is 8.44. The fourth-order valence-corrected chi connectivity index (χ4v) is 1.23. The predicted molar refractivity (Wildman–Crippen MR) is 44.8 cm³/mol. The minimum absolute atomic E-state index is 0. The van der Waals surface area contributed by atoms with E-state index in [4.69, 9.17) is 10.8 Å². The van der Waals surface area contributed by atoms with Crippen molar-refractivity contribution in [2.45, 2.75) is 19.3 Å². The van der Waals surface area contributed by atoms with Crippen molar-refractivity contribution >= 4 is 18.4 Å². The lowest BCUT2D eigenvalue weighted by Crippen LogP contribution is -2.19. The van der Waals surface area contributed by atoms with E-state index in [1.165, 1.54) is 12.8 Å². The highest BCUT2D eigenvalue weighted by Crippen LogP contribution is 2.37. The number of halogens is 1. The molecule has 0 radical (unpaired) electrons. The van der Waals surface area contributed by atoms with Gasteiger partial charge in [-0.3, -0.25) is 4.79 Å². The van der Waals surface area contributed by atoms with Gasteiger partial charge in [-0.15, -0.1) is 12.4 Å². The third-order valence-electron chi connectivity index (χ3n) is 2.03. The zero-order valence-electron chi connectivity index (χ0n) is 6.32. The van der Waals surface area contributed by atoms with Crippen LogP contribution < -0.4 is 5.73 Å². The van der Waals surface area contributed by atoms with Crippen molar-refractivity contribution < 1.29 is 9.90 Å². The molecule has 0 aliphatic heterocycles. The number of carboxylic acid groups (broad SMARTS) is 1. The van der Waals surface area contributed by atoms with Gasteiger partial charge in [0.1, 0.15) is 0 Å². The SMILES string of the molecule is Cl.NCC(CC(=O)O)C1CC1. The molecule has 3 N–H and O–H groups in total. The second-order valence-corrected chi connectivity index (χ2v) is 2.93. The van der Waals surface area contributed by atoms with Crippen LogP contribution in [0.15, 0.2) is 0 Å². The summed E-state index contributed by atoms with van der Waals surface area (Å²) >= 11 is 0. The Hall–Kier alpha value is -0.280. The third-order valence-corrected chi connectivity index (χ3v) is 2.03. The van der Waals surface area contributed by atoms with Crippen LogP contribution in [0.3, 0.4) is 0 Å². The van der Waals surface area contributed by atoms with E-state index in [0.717, 1.165) is 0 Å². The highest BCUT2D eigenvalue weighted by molar-refractivity contribution is 5.85. The van der Waals surface area contributed by atoms with E-state index in [2.05, 4.69) is 0 Å². The molecule has 0 saturated heterocycles. The van der Waals surface area contributed by atoms with Crippen LogP contribution in [0.5, 0.6) is 0 Å². The van der Waals surface area contributed by atoms with Gasteiger partial charge in [-0.25, -0.2) is 0 Å². The molecule has 1 aliphatic rings. The summed E-state index contributed by atoms with van der Waals surface area (Å²) < 4.78 is 0. The van der Waals surface area contributed by atoms with Crippen molar-refractivity contribution in [2.24, 2.45) is 17.6 Å².